The summed E-state index contributed by atoms with van der Waals surface area (Å²) in [4.78, 5) is 15.8. The van der Waals surface area contributed by atoms with Gasteiger partial charge in [0.2, 0.25) is 0 Å². The minimum Gasteiger partial charge on any atom is -0.477 e. The van der Waals surface area contributed by atoms with Crippen molar-refractivity contribution in [2.45, 2.75) is 12.6 Å². The van der Waals surface area contributed by atoms with Crippen LogP contribution in [-0.2, 0) is 11.3 Å². The van der Waals surface area contributed by atoms with E-state index in [2.05, 4.69) is 10.3 Å². The van der Waals surface area contributed by atoms with Crippen LogP contribution in [0.25, 0.3) is 0 Å². The first-order valence-corrected chi connectivity index (χ1v) is 7.22. The molecular formula is C10H14N2O3S2. The number of thioether (sulfide) groups is 1. The van der Waals surface area contributed by atoms with E-state index in [4.69, 9.17) is 9.84 Å². The summed E-state index contributed by atoms with van der Waals surface area (Å²) in [5.74, 6) is 1.11. The van der Waals surface area contributed by atoms with Crippen LogP contribution in [0.15, 0.2) is 0 Å². The number of nitrogens with zero attached hydrogens (tertiary/aromatic N) is 1. The SMILES string of the molecule is COCc1nc(C2CSCCN2)sc1C(=O)O. The van der Waals surface area contributed by atoms with Gasteiger partial charge in [0.25, 0.3) is 0 Å². The molecule has 2 N–H and O–H groups in total. The molecule has 94 valence electrons. The Morgan fingerprint density at radius 2 is 2.53 bits per heavy atom. The second kappa shape index (κ2) is 5.81. The number of carboxylic acids is 1. The molecule has 0 amide bonds. The van der Waals surface area contributed by atoms with E-state index in [1.54, 1.807) is 7.11 Å². The molecule has 1 aliphatic rings. The normalized spacial score (nSPS) is 20.4. The Bertz CT molecular complexity index is 402. The molecule has 0 spiro atoms. The predicted molar refractivity (Wildman–Crippen MR) is 67.9 cm³/mol. The molecule has 1 aromatic heterocycles. The number of thiazole rings is 1. The number of carboxylic acid groups (broad SMARTS) is 1. The molecule has 1 fully saturated rings. The second-order valence-corrected chi connectivity index (χ2v) is 5.83. The molecule has 2 rings (SSSR count). The fourth-order valence-corrected chi connectivity index (χ4v) is 3.67. The molecule has 1 aliphatic heterocycles. The van der Waals surface area contributed by atoms with Gasteiger partial charge in [0.05, 0.1) is 18.3 Å². The highest BCUT2D eigenvalue weighted by molar-refractivity contribution is 7.99. The summed E-state index contributed by atoms with van der Waals surface area (Å²) in [6.07, 6.45) is 0. The number of rotatable bonds is 4. The summed E-state index contributed by atoms with van der Waals surface area (Å²) in [6.45, 7) is 1.19. The molecule has 5 nitrogen and oxygen atoms in total. The van der Waals surface area contributed by atoms with Crippen molar-refractivity contribution in [2.24, 2.45) is 0 Å². The molecular weight excluding hydrogens is 260 g/mol. The van der Waals surface area contributed by atoms with Gasteiger partial charge < -0.3 is 15.2 Å². The molecule has 17 heavy (non-hydrogen) atoms. The molecule has 1 saturated heterocycles. The molecule has 0 aliphatic carbocycles. The van der Waals surface area contributed by atoms with Crippen molar-refractivity contribution in [3.63, 3.8) is 0 Å². The van der Waals surface area contributed by atoms with Gasteiger partial charge in [-0.15, -0.1) is 11.3 Å². The molecule has 1 atom stereocenters. The zero-order valence-corrected chi connectivity index (χ0v) is 11.1. The molecule has 1 unspecified atom stereocenters. The highest BCUT2D eigenvalue weighted by Gasteiger charge is 2.23. The lowest BCUT2D eigenvalue weighted by Gasteiger charge is -2.20. The Morgan fingerprint density at radius 1 is 1.71 bits per heavy atom. The summed E-state index contributed by atoms with van der Waals surface area (Å²) in [5, 5.41) is 13.3. The maximum atomic E-state index is 11.1. The van der Waals surface area contributed by atoms with E-state index in [1.165, 1.54) is 11.3 Å². The summed E-state index contributed by atoms with van der Waals surface area (Å²) in [5.41, 5.74) is 0.525. The molecule has 0 saturated carbocycles. The van der Waals surface area contributed by atoms with Crippen LogP contribution in [0, 0.1) is 0 Å². The molecule has 1 aromatic rings. The van der Waals surface area contributed by atoms with Crippen LogP contribution in [0.3, 0.4) is 0 Å². The van der Waals surface area contributed by atoms with Crippen LogP contribution in [0.4, 0.5) is 0 Å². The summed E-state index contributed by atoms with van der Waals surface area (Å²) >= 11 is 3.11. The summed E-state index contributed by atoms with van der Waals surface area (Å²) in [7, 11) is 1.54. The third-order valence-electron chi connectivity index (χ3n) is 2.41. The average molecular weight is 274 g/mol. The van der Waals surface area contributed by atoms with Gasteiger partial charge in [-0.05, 0) is 0 Å². The van der Waals surface area contributed by atoms with E-state index < -0.39 is 5.97 Å². The van der Waals surface area contributed by atoms with E-state index in [1.807, 2.05) is 11.8 Å². The van der Waals surface area contributed by atoms with Gasteiger partial charge in [-0.2, -0.15) is 11.8 Å². The second-order valence-electron chi connectivity index (χ2n) is 3.65. The highest BCUT2D eigenvalue weighted by atomic mass is 32.2. The first kappa shape index (κ1) is 12.8. The van der Waals surface area contributed by atoms with Crippen LogP contribution < -0.4 is 5.32 Å². The molecule has 0 bridgehead atoms. The first-order valence-electron chi connectivity index (χ1n) is 5.25. The topological polar surface area (TPSA) is 71.5 Å². The summed E-state index contributed by atoms with van der Waals surface area (Å²) in [6, 6.07) is 0.169. The van der Waals surface area contributed by atoms with Gasteiger partial charge in [-0.25, -0.2) is 9.78 Å². The lowest BCUT2D eigenvalue weighted by Crippen LogP contribution is -2.30. The van der Waals surface area contributed by atoms with Gasteiger partial charge in [0, 0.05) is 25.2 Å². The molecule has 0 aromatic carbocycles. The van der Waals surface area contributed by atoms with E-state index in [0.29, 0.717) is 10.6 Å². The number of ether oxygens (including phenoxy) is 1. The van der Waals surface area contributed by atoms with Crippen molar-refractivity contribution in [3.05, 3.63) is 15.6 Å². The highest BCUT2D eigenvalue weighted by Crippen LogP contribution is 2.28. The van der Waals surface area contributed by atoms with Crippen LogP contribution in [0.5, 0.6) is 0 Å². The fraction of sp³-hybridized carbons (Fsp3) is 0.600. The van der Waals surface area contributed by atoms with E-state index in [0.717, 1.165) is 23.1 Å². The third kappa shape index (κ3) is 2.98. The average Bonchev–Trinajstić information content (AvgIpc) is 2.75. The number of aromatic carboxylic acids is 1. The fourth-order valence-electron chi connectivity index (χ4n) is 1.64. The third-order valence-corrected chi connectivity index (χ3v) is 4.67. The minimum absolute atomic E-state index is 0.169. The molecule has 2 heterocycles. The predicted octanol–water partition coefficient (Wildman–Crippen LogP) is 1.37. The van der Waals surface area contributed by atoms with E-state index >= 15 is 0 Å². The van der Waals surface area contributed by atoms with Crippen LogP contribution >= 0.6 is 23.1 Å². The van der Waals surface area contributed by atoms with Gasteiger partial charge in [-0.3, -0.25) is 0 Å². The Morgan fingerprint density at radius 3 is 3.12 bits per heavy atom. The number of aromatic nitrogens is 1. The summed E-state index contributed by atoms with van der Waals surface area (Å²) < 4.78 is 4.97. The Hall–Kier alpha value is -0.630. The number of nitrogens with one attached hydrogen (secondary N) is 1. The standard InChI is InChI=1S/C10H14N2O3S2/c1-15-4-6-8(10(13)14)17-9(12-6)7-5-16-3-2-11-7/h7,11H,2-5H2,1H3,(H,13,14). The largest absolute Gasteiger partial charge is 0.477 e. The monoisotopic (exact) mass is 274 g/mol. The van der Waals surface area contributed by atoms with Crippen molar-refractivity contribution in [1.82, 2.24) is 10.3 Å². The number of hydrogen-bond donors (Lipinski definition) is 2. The smallest absolute Gasteiger partial charge is 0.347 e. The number of hydrogen-bond acceptors (Lipinski definition) is 6. The first-order chi connectivity index (χ1) is 8.22. The van der Waals surface area contributed by atoms with Crippen LogP contribution in [0.2, 0.25) is 0 Å². The zero-order chi connectivity index (χ0) is 12.3. The van der Waals surface area contributed by atoms with E-state index in [9.17, 15) is 4.79 Å². The molecule has 0 radical (unpaired) electrons. The van der Waals surface area contributed by atoms with Crippen LogP contribution in [-0.4, -0.2) is 41.2 Å². The van der Waals surface area contributed by atoms with Crippen LogP contribution in [0.1, 0.15) is 26.4 Å². The van der Waals surface area contributed by atoms with Crippen molar-refractivity contribution in [3.8, 4) is 0 Å². The maximum absolute atomic E-state index is 11.1. The van der Waals surface area contributed by atoms with Crippen molar-refractivity contribution in [1.29, 1.82) is 0 Å². The number of carbonyl (C=O) groups is 1. The van der Waals surface area contributed by atoms with E-state index in [-0.39, 0.29) is 12.6 Å². The Kier molecular flexibility index (Phi) is 4.38. The molecule has 7 heteroatoms. The lowest BCUT2D eigenvalue weighted by molar-refractivity contribution is 0.0697. The van der Waals surface area contributed by atoms with Crippen molar-refractivity contribution < 1.29 is 14.6 Å². The van der Waals surface area contributed by atoms with Gasteiger partial charge in [-0.1, -0.05) is 0 Å². The van der Waals surface area contributed by atoms with Crippen molar-refractivity contribution in [2.75, 3.05) is 25.2 Å². The Labute approximate surface area is 108 Å². The van der Waals surface area contributed by atoms with Gasteiger partial charge in [0.1, 0.15) is 9.88 Å². The van der Waals surface area contributed by atoms with Crippen molar-refractivity contribution >= 4 is 29.1 Å². The lowest BCUT2D eigenvalue weighted by atomic mass is 10.3. The maximum Gasteiger partial charge on any atom is 0.347 e. The number of methoxy groups -OCH3 is 1. The zero-order valence-electron chi connectivity index (χ0n) is 9.43. The van der Waals surface area contributed by atoms with Gasteiger partial charge in [0.15, 0.2) is 0 Å². The quantitative estimate of drug-likeness (QED) is 0.864. The minimum atomic E-state index is -0.927. The Balaban J connectivity index is 2.22. The van der Waals surface area contributed by atoms with Gasteiger partial charge >= 0.3 is 5.97 Å².